The molecule has 20 heavy (non-hydrogen) atoms. The van der Waals surface area contributed by atoms with Gasteiger partial charge in [-0.1, -0.05) is 30.3 Å². The van der Waals surface area contributed by atoms with Crippen molar-refractivity contribution in [2.45, 2.75) is 12.8 Å². The standard InChI is InChI=1S/C15H14F3NO/c16-15(17,18)20-14-8-6-13(7-9-14)19-11-10-12-4-2-1-3-5-12/h1-9,19H,10-11H2. The highest BCUT2D eigenvalue weighted by atomic mass is 19.4. The summed E-state index contributed by atoms with van der Waals surface area (Å²) in [4.78, 5) is 0. The molecule has 0 atom stereocenters. The van der Waals surface area contributed by atoms with E-state index in [-0.39, 0.29) is 5.75 Å². The summed E-state index contributed by atoms with van der Waals surface area (Å²) in [5.74, 6) is -0.217. The molecule has 2 nitrogen and oxygen atoms in total. The molecule has 2 aromatic rings. The van der Waals surface area contributed by atoms with E-state index in [9.17, 15) is 13.2 Å². The van der Waals surface area contributed by atoms with E-state index < -0.39 is 6.36 Å². The zero-order valence-electron chi connectivity index (χ0n) is 10.7. The van der Waals surface area contributed by atoms with Crippen molar-refractivity contribution in [3.05, 3.63) is 60.2 Å². The summed E-state index contributed by atoms with van der Waals surface area (Å²) in [7, 11) is 0. The molecule has 0 aliphatic carbocycles. The van der Waals surface area contributed by atoms with Crippen molar-refractivity contribution in [2.24, 2.45) is 0 Å². The highest BCUT2D eigenvalue weighted by Crippen LogP contribution is 2.23. The second-order valence-electron chi connectivity index (χ2n) is 4.23. The van der Waals surface area contributed by atoms with Crippen molar-refractivity contribution in [3.63, 3.8) is 0 Å². The molecule has 0 aliphatic rings. The molecule has 1 N–H and O–H groups in total. The van der Waals surface area contributed by atoms with Crippen LogP contribution in [0.1, 0.15) is 5.56 Å². The van der Waals surface area contributed by atoms with E-state index in [0.717, 1.165) is 12.1 Å². The van der Waals surface area contributed by atoms with Crippen LogP contribution in [-0.2, 0) is 6.42 Å². The van der Waals surface area contributed by atoms with Crippen LogP contribution < -0.4 is 10.1 Å². The van der Waals surface area contributed by atoms with Gasteiger partial charge >= 0.3 is 6.36 Å². The second-order valence-corrected chi connectivity index (χ2v) is 4.23. The smallest absolute Gasteiger partial charge is 0.406 e. The third-order valence-electron chi connectivity index (χ3n) is 2.67. The van der Waals surface area contributed by atoms with Crippen molar-refractivity contribution in [1.29, 1.82) is 0 Å². The van der Waals surface area contributed by atoms with E-state index in [1.54, 1.807) is 12.1 Å². The molecule has 0 radical (unpaired) electrons. The fourth-order valence-electron chi connectivity index (χ4n) is 1.77. The summed E-state index contributed by atoms with van der Waals surface area (Å²) in [6, 6.07) is 15.7. The molecule has 0 spiro atoms. The van der Waals surface area contributed by atoms with Gasteiger partial charge in [0.05, 0.1) is 0 Å². The van der Waals surface area contributed by atoms with Crippen LogP contribution in [0.4, 0.5) is 18.9 Å². The summed E-state index contributed by atoms with van der Waals surface area (Å²) in [6.45, 7) is 0.712. The van der Waals surface area contributed by atoms with E-state index in [2.05, 4.69) is 10.1 Å². The lowest BCUT2D eigenvalue weighted by atomic mass is 10.1. The number of halogens is 3. The van der Waals surface area contributed by atoms with Crippen LogP contribution in [0.5, 0.6) is 5.75 Å². The molecule has 0 unspecified atom stereocenters. The van der Waals surface area contributed by atoms with Crippen LogP contribution in [0.2, 0.25) is 0 Å². The fraction of sp³-hybridized carbons (Fsp3) is 0.200. The highest BCUT2D eigenvalue weighted by Gasteiger charge is 2.30. The molecule has 2 rings (SSSR count). The van der Waals surface area contributed by atoms with Crippen molar-refractivity contribution >= 4 is 5.69 Å². The van der Waals surface area contributed by atoms with Crippen LogP contribution in [-0.4, -0.2) is 12.9 Å². The van der Waals surface area contributed by atoms with Gasteiger partial charge < -0.3 is 10.1 Å². The molecular formula is C15H14F3NO. The van der Waals surface area contributed by atoms with Gasteiger partial charge in [0.25, 0.3) is 0 Å². The number of hydrogen-bond acceptors (Lipinski definition) is 2. The number of benzene rings is 2. The van der Waals surface area contributed by atoms with Gasteiger partial charge in [0.15, 0.2) is 0 Å². The lowest BCUT2D eigenvalue weighted by Gasteiger charge is -2.10. The molecule has 5 heteroatoms. The SMILES string of the molecule is FC(F)(F)Oc1ccc(NCCc2ccccc2)cc1. The molecule has 0 saturated carbocycles. The molecule has 0 aromatic heterocycles. The maximum absolute atomic E-state index is 12.0. The Hall–Kier alpha value is -2.17. The van der Waals surface area contributed by atoms with Crippen molar-refractivity contribution in [3.8, 4) is 5.75 Å². The molecule has 0 fully saturated rings. The first-order valence-corrected chi connectivity index (χ1v) is 6.16. The van der Waals surface area contributed by atoms with E-state index in [0.29, 0.717) is 6.54 Å². The Morgan fingerprint density at radius 2 is 1.55 bits per heavy atom. The largest absolute Gasteiger partial charge is 0.573 e. The Balaban J connectivity index is 1.82. The predicted octanol–water partition coefficient (Wildman–Crippen LogP) is 4.24. The van der Waals surface area contributed by atoms with Crippen LogP contribution in [0.15, 0.2) is 54.6 Å². The van der Waals surface area contributed by atoms with Crippen LogP contribution in [0.25, 0.3) is 0 Å². The summed E-state index contributed by atoms with van der Waals surface area (Å²) in [5, 5.41) is 3.15. The van der Waals surface area contributed by atoms with Gasteiger partial charge in [-0.15, -0.1) is 13.2 Å². The number of anilines is 1. The first kappa shape index (κ1) is 14.2. The van der Waals surface area contributed by atoms with Gasteiger partial charge in [0, 0.05) is 12.2 Å². The van der Waals surface area contributed by atoms with E-state index >= 15 is 0 Å². The van der Waals surface area contributed by atoms with Gasteiger partial charge in [-0.25, -0.2) is 0 Å². The maximum Gasteiger partial charge on any atom is 0.573 e. The summed E-state index contributed by atoms with van der Waals surface area (Å²) < 4.78 is 39.8. The first-order chi connectivity index (χ1) is 9.53. The minimum absolute atomic E-state index is 0.217. The Labute approximate surface area is 115 Å². The quantitative estimate of drug-likeness (QED) is 0.885. The zero-order chi connectivity index (χ0) is 14.4. The summed E-state index contributed by atoms with van der Waals surface area (Å²) >= 11 is 0. The number of alkyl halides is 3. The van der Waals surface area contributed by atoms with E-state index in [1.807, 2.05) is 30.3 Å². The maximum atomic E-state index is 12.0. The lowest BCUT2D eigenvalue weighted by Crippen LogP contribution is -2.17. The Kier molecular flexibility index (Phi) is 4.50. The fourth-order valence-corrected chi connectivity index (χ4v) is 1.77. The average molecular weight is 281 g/mol. The lowest BCUT2D eigenvalue weighted by molar-refractivity contribution is -0.274. The minimum Gasteiger partial charge on any atom is -0.406 e. The Morgan fingerprint density at radius 3 is 2.15 bits per heavy atom. The van der Waals surface area contributed by atoms with Gasteiger partial charge in [-0.3, -0.25) is 0 Å². The van der Waals surface area contributed by atoms with Crippen LogP contribution >= 0.6 is 0 Å². The van der Waals surface area contributed by atoms with Crippen molar-refractivity contribution in [1.82, 2.24) is 0 Å². The monoisotopic (exact) mass is 281 g/mol. The van der Waals surface area contributed by atoms with Gasteiger partial charge in [-0.05, 0) is 36.2 Å². The molecule has 0 bridgehead atoms. The van der Waals surface area contributed by atoms with E-state index in [1.165, 1.54) is 17.7 Å². The number of hydrogen-bond donors (Lipinski definition) is 1. The summed E-state index contributed by atoms with van der Waals surface area (Å²) in [6.07, 6.45) is -3.80. The third-order valence-corrected chi connectivity index (χ3v) is 2.67. The van der Waals surface area contributed by atoms with Crippen LogP contribution in [0, 0.1) is 0 Å². The highest BCUT2D eigenvalue weighted by molar-refractivity contribution is 5.46. The van der Waals surface area contributed by atoms with Crippen LogP contribution in [0.3, 0.4) is 0 Å². The van der Waals surface area contributed by atoms with Crippen molar-refractivity contribution in [2.75, 3.05) is 11.9 Å². The number of ether oxygens (including phenoxy) is 1. The minimum atomic E-state index is -4.65. The molecular weight excluding hydrogens is 267 g/mol. The van der Waals surface area contributed by atoms with Crippen molar-refractivity contribution < 1.29 is 17.9 Å². The number of rotatable bonds is 5. The second kappa shape index (κ2) is 6.32. The Bertz CT molecular complexity index is 523. The molecule has 106 valence electrons. The predicted molar refractivity (Wildman–Crippen MR) is 71.8 cm³/mol. The molecule has 0 aliphatic heterocycles. The van der Waals surface area contributed by atoms with E-state index in [4.69, 9.17) is 0 Å². The Morgan fingerprint density at radius 1 is 0.900 bits per heavy atom. The summed E-state index contributed by atoms with van der Waals surface area (Å²) in [5.41, 5.74) is 1.97. The first-order valence-electron chi connectivity index (χ1n) is 6.16. The molecule has 0 amide bonds. The molecule has 0 saturated heterocycles. The van der Waals surface area contributed by atoms with Gasteiger partial charge in [-0.2, -0.15) is 0 Å². The van der Waals surface area contributed by atoms with Gasteiger partial charge in [0.1, 0.15) is 5.75 Å². The third kappa shape index (κ3) is 4.84. The topological polar surface area (TPSA) is 21.3 Å². The average Bonchev–Trinajstić information content (AvgIpc) is 2.40. The van der Waals surface area contributed by atoms with Gasteiger partial charge in [0.2, 0.25) is 0 Å². The zero-order valence-corrected chi connectivity index (χ0v) is 10.7. The number of nitrogens with one attached hydrogen (secondary N) is 1. The normalized spacial score (nSPS) is 11.2. The molecule has 2 aromatic carbocycles. The molecule has 0 heterocycles.